The molecule has 1 aromatic carbocycles. The van der Waals surface area contributed by atoms with Gasteiger partial charge in [0.1, 0.15) is 17.4 Å². The average molecular weight is 460 g/mol. The van der Waals surface area contributed by atoms with Gasteiger partial charge in [0, 0.05) is 19.8 Å². The summed E-state index contributed by atoms with van der Waals surface area (Å²) in [4.78, 5) is 29.9. The minimum Gasteiger partial charge on any atom is -0.388 e. The van der Waals surface area contributed by atoms with Crippen LogP contribution in [-0.4, -0.2) is 52.0 Å². The van der Waals surface area contributed by atoms with E-state index < -0.39 is 12.4 Å². The fraction of sp³-hybridized carbons (Fsp3) is 0.364. The molecule has 3 rings (SSSR count). The predicted molar refractivity (Wildman–Crippen MR) is 125 cm³/mol. The molecule has 8 nitrogen and oxygen atoms in total. The maximum absolute atomic E-state index is 15.1. The maximum atomic E-state index is 15.1. The van der Waals surface area contributed by atoms with E-state index in [1.165, 1.54) is 38.9 Å². The number of benzene rings is 1. The van der Waals surface area contributed by atoms with Crippen molar-refractivity contribution in [2.24, 2.45) is 5.10 Å². The van der Waals surface area contributed by atoms with Crippen molar-refractivity contribution in [2.45, 2.75) is 33.6 Å². The van der Waals surface area contributed by atoms with E-state index in [1.807, 2.05) is 20.8 Å². The Balaban J connectivity index is 2.23. The maximum Gasteiger partial charge on any atom is 0.263 e. The number of amidine groups is 1. The molecule has 0 saturated carbocycles. The molecule has 0 atom stereocenters. The van der Waals surface area contributed by atoms with Crippen molar-refractivity contribution in [2.75, 3.05) is 25.2 Å². The first kappa shape index (κ1) is 23.6. The number of aliphatic hydroxyl groups is 1. The smallest absolute Gasteiger partial charge is 0.263 e. The van der Waals surface area contributed by atoms with Gasteiger partial charge in [-0.15, -0.1) is 11.3 Å². The number of hydrogen-bond acceptors (Lipinski definition) is 7. The number of thiazole rings is 1. The van der Waals surface area contributed by atoms with Crippen LogP contribution < -0.4 is 10.6 Å². The van der Waals surface area contributed by atoms with Gasteiger partial charge in [-0.2, -0.15) is 5.10 Å². The number of aryl methyl sites for hydroxylation is 1. The highest BCUT2D eigenvalue weighted by molar-refractivity contribution is 7.12. The van der Waals surface area contributed by atoms with Crippen molar-refractivity contribution in [1.82, 2.24) is 14.5 Å². The van der Waals surface area contributed by atoms with Crippen LogP contribution in [0.15, 0.2) is 33.7 Å². The van der Waals surface area contributed by atoms with Crippen LogP contribution in [0.4, 0.5) is 10.1 Å². The number of fused-ring (bicyclic) bond motifs is 1. The SMILES string of the molecule is CCN(C=O)/C(CO)=N\N(C)c1cc2c(C(C)C)cn(-c3scnc3C)c(=O)c2cc1F. The largest absolute Gasteiger partial charge is 0.388 e. The third-order valence-corrected chi connectivity index (χ3v) is 6.16. The highest BCUT2D eigenvalue weighted by atomic mass is 32.1. The summed E-state index contributed by atoms with van der Waals surface area (Å²) in [5.41, 5.74) is 3.06. The van der Waals surface area contributed by atoms with Gasteiger partial charge in [-0.3, -0.25) is 24.1 Å². The van der Waals surface area contributed by atoms with Gasteiger partial charge in [-0.1, -0.05) is 13.8 Å². The van der Waals surface area contributed by atoms with Crippen LogP contribution in [0.2, 0.25) is 0 Å². The highest BCUT2D eigenvalue weighted by Crippen LogP contribution is 2.31. The van der Waals surface area contributed by atoms with E-state index in [0.29, 0.717) is 23.3 Å². The molecule has 0 aliphatic rings. The Bertz CT molecular complexity index is 1230. The molecule has 2 heterocycles. The van der Waals surface area contributed by atoms with Gasteiger partial charge in [0.25, 0.3) is 5.56 Å². The Morgan fingerprint density at radius 2 is 2.09 bits per heavy atom. The molecule has 0 aliphatic carbocycles. The quantitative estimate of drug-likeness (QED) is 0.254. The third kappa shape index (κ3) is 4.28. The molecule has 10 heteroatoms. The number of aliphatic hydroxyl groups excluding tert-OH is 1. The van der Waals surface area contributed by atoms with Crippen LogP contribution in [-0.2, 0) is 4.79 Å². The molecule has 0 fully saturated rings. The average Bonchev–Trinajstić information content (AvgIpc) is 3.19. The van der Waals surface area contributed by atoms with Crippen molar-refractivity contribution < 1.29 is 14.3 Å². The summed E-state index contributed by atoms with van der Waals surface area (Å²) < 4.78 is 16.7. The zero-order chi connectivity index (χ0) is 23.6. The van der Waals surface area contributed by atoms with Crippen molar-refractivity contribution in [3.8, 4) is 5.00 Å². The molecule has 0 aliphatic heterocycles. The van der Waals surface area contributed by atoms with E-state index in [9.17, 15) is 14.7 Å². The zero-order valence-corrected chi connectivity index (χ0v) is 19.5. The monoisotopic (exact) mass is 459 g/mol. The van der Waals surface area contributed by atoms with E-state index in [0.717, 1.165) is 11.3 Å². The number of hydrogen-bond donors (Lipinski definition) is 1. The standard InChI is InChI=1S/C22H26FN5O3S/c1-6-27(12-30)20(10-29)25-26(5)19-8-15-16(7-18(19)23)21(31)28(9-17(15)13(2)3)22-14(4)24-11-32-22/h7-9,11-13,29H,6,10H2,1-5H3/b25-20-. The van der Waals surface area contributed by atoms with E-state index in [2.05, 4.69) is 10.1 Å². The molecule has 2 aromatic heterocycles. The molecule has 32 heavy (non-hydrogen) atoms. The molecule has 3 aromatic rings. The molecule has 1 N–H and O–H groups in total. The lowest BCUT2D eigenvalue weighted by atomic mass is 9.97. The van der Waals surface area contributed by atoms with Crippen molar-refractivity contribution in [1.29, 1.82) is 0 Å². The summed E-state index contributed by atoms with van der Waals surface area (Å²) in [6, 6.07) is 2.80. The third-order valence-electron chi connectivity index (χ3n) is 5.23. The van der Waals surface area contributed by atoms with Crippen LogP contribution in [0.1, 0.15) is 37.9 Å². The Hall–Kier alpha value is -3.11. The van der Waals surface area contributed by atoms with Gasteiger partial charge >= 0.3 is 0 Å². The van der Waals surface area contributed by atoms with E-state index in [4.69, 9.17) is 0 Å². The first-order valence-corrected chi connectivity index (χ1v) is 11.0. The Morgan fingerprint density at radius 3 is 2.62 bits per heavy atom. The van der Waals surface area contributed by atoms with Gasteiger partial charge < -0.3 is 5.11 Å². The second-order valence-corrected chi connectivity index (χ2v) is 8.43. The van der Waals surface area contributed by atoms with Crippen molar-refractivity contribution in [3.05, 3.63) is 51.3 Å². The fourth-order valence-corrected chi connectivity index (χ4v) is 4.27. The summed E-state index contributed by atoms with van der Waals surface area (Å²) in [5.74, 6) is -0.492. The number of amides is 1. The second-order valence-electron chi connectivity index (χ2n) is 7.60. The minimum atomic E-state index is -0.638. The molecule has 1 amide bonds. The van der Waals surface area contributed by atoms with Crippen molar-refractivity contribution in [3.63, 3.8) is 0 Å². The van der Waals surface area contributed by atoms with Gasteiger partial charge in [-0.05, 0) is 42.8 Å². The molecule has 0 bridgehead atoms. The lowest BCUT2D eigenvalue weighted by Crippen LogP contribution is -2.34. The number of aromatic nitrogens is 2. The lowest BCUT2D eigenvalue weighted by molar-refractivity contribution is -0.114. The van der Waals surface area contributed by atoms with E-state index in [1.54, 1.807) is 24.7 Å². The molecule has 0 spiro atoms. The van der Waals surface area contributed by atoms with Gasteiger partial charge in [-0.25, -0.2) is 9.37 Å². The summed E-state index contributed by atoms with van der Waals surface area (Å²) in [6.45, 7) is 7.39. The molecule has 0 radical (unpaired) electrons. The number of pyridine rings is 1. The molecule has 0 saturated heterocycles. The zero-order valence-electron chi connectivity index (χ0n) is 18.7. The predicted octanol–water partition coefficient (Wildman–Crippen LogP) is 3.24. The van der Waals surface area contributed by atoms with Crippen LogP contribution in [0.5, 0.6) is 0 Å². The molecular weight excluding hydrogens is 433 g/mol. The van der Waals surface area contributed by atoms with Gasteiger partial charge in [0.05, 0.1) is 22.3 Å². The fourth-order valence-electron chi connectivity index (χ4n) is 3.49. The Morgan fingerprint density at radius 1 is 1.38 bits per heavy atom. The number of halogens is 1. The second kappa shape index (κ2) is 9.58. The van der Waals surface area contributed by atoms with Gasteiger partial charge in [0.15, 0.2) is 5.84 Å². The number of carbonyl (C=O) groups excluding carboxylic acids is 1. The summed E-state index contributed by atoms with van der Waals surface area (Å²) in [6.07, 6.45) is 2.34. The number of likely N-dealkylation sites (N-methyl/N-ethyl adjacent to an activating group) is 1. The summed E-state index contributed by atoms with van der Waals surface area (Å²) in [7, 11) is 1.52. The first-order chi connectivity index (χ1) is 15.2. The number of anilines is 1. The first-order valence-electron chi connectivity index (χ1n) is 10.2. The summed E-state index contributed by atoms with van der Waals surface area (Å²) in [5, 5.41) is 16.6. The normalized spacial score (nSPS) is 11.9. The van der Waals surface area contributed by atoms with Gasteiger partial charge in [0.2, 0.25) is 6.41 Å². The Kier molecular flexibility index (Phi) is 7.05. The van der Waals surface area contributed by atoms with E-state index in [-0.39, 0.29) is 28.4 Å². The number of nitrogens with zero attached hydrogens (tertiary/aromatic N) is 5. The lowest BCUT2D eigenvalue weighted by Gasteiger charge is -2.22. The van der Waals surface area contributed by atoms with Crippen LogP contribution in [0, 0.1) is 12.7 Å². The van der Waals surface area contributed by atoms with E-state index >= 15 is 4.39 Å². The molecular formula is C22H26FN5O3S. The molecule has 0 unspecified atom stereocenters. The van der Waals surface area contributed by atoms with Crippen LogP contribution in [0.25, 0.3) is 15.8 Å². The Labute approximate surface area is 189 Å². The number of hydrazone groups is 1. The summed E-state index contributed by atoms with van der Waals surface area (Å²) >= 11 is 1.35. The van der Waals surface area contributed by atoms with Crippen molar-refractivity contribution >= 4 is 40.0 Å². The highest BCUT2D eigenvalue weighted by Gasteiger charge is 2.19. The number of rotatable bonds is 7. The van der Waals surface area contributed by atoms with Crippen LogP contribution in [0.3, 0.4) is 0 Å². The number of carbonyl (C=O) groups is 1. The molecule has 170 valence electrons. The van der Waals surface area contributed by atoms with Crippen LogP contribution >= 0.6 is 11.3 Å². The minimum absolute atomic E-state index is 0.0587. The topological polar surface area (TPSA) is 91.0 Å².